The van der Waals surface area contributed by atoms with Gasteiger partial charge in [0.15, 0.2) is 0 Å². The van der Waals surface area contributed by atoms with Crippen LogP contribution in [0, 0.1) is 0 Å². The molecule has 0 saturated carbocycles. The number of benzene rings is 1. The van der Waals surface area contributed by atoms with E-state index in [9.17, 15) is 9.59 Å². The van der Waals surface area contributed by atoms with E-state index in [-0.39, 0.29) is 12.0 Å². The van der Waals surface area contributed by atoms with Crippen LogP contribution in [0.4, 0.5) is 4.79 Å². The average molecular weight is 265 g/mol. The fourth-order valence-electron chi connectivity index (χ4n) is 2.22. The zero-order valence-corrected chi connectivity index (χ0v) is 10.7. The molecule has 1 aliphatic rings. The third-order valence-corrected chi connectivity index (χ3v) is 3.15. The van der Waals surface area contributed by atoms with Crippen LogP contribution in [-0.4, -0.2) is 28.4 Å². The number of hydroxylamine groups is 2. The molecule has 1 fully saturated rings. The quantitative estimate of drug-likeness (QED) is 0.816. The first-order valence-corrected chi connectivity index (χ1v) is 6.19. The van der Waals surface area contributed by atoms with Crippen LogP contribution in [0.15, 0.2) is 30.3 Å². The summed E-state index contributed by atoms with van der Waals surface area (Å²) in [6.07, 6.45) is -0.715. The second-order valence-corrected chi connectivity index (χ2v) is 4.54. The molecule has 2 rings (SSSR count). The van der Waals surface area contributed by atoms with Crippen molar-refractivity contribution in [1.82, 2.24) is 5.43 Å². The molecule has 1 aromatic rings. The molecular weight excluding hydrogens is 248 g/mol. The smallest absolute Gasteiger partial charge is 0.452 e. The number of carbonyl (C=O) groups excluding carboxylic acids is 1. The summed E-state index contributed by atoms with van der Waals surface area (Å²) in [5.74, 6) is -0.259. The van der Waals surface area contributed by atoms with Gasteiger partial charge in [-0.3, -0.25) is 0 Å². The Hall–Kier alpha value is -1.92. The standard InChI is InChI=1S/C13H16N2O4/c1-10(11-6-3-2-4-7-11)19-15(14-13(17)18)9-5-8-12(15)16/h2-4,6-7,10,14H,5,8-9H2,1H3/p+1. The zero-order valence-electron chi connectivity index (χ0n) is 10.7. The third kappa shape index (κ3) is 2.91. The number of nitrogens with one attached hydrogen (secondary N) is 1. The number of rotatable bonds is 4. The van der Waals surface area contributed by atoms with E-state index in [4.69, 9.17) is 9.94 Å². The van der Waals surface area contributed by atoms with E-state index < -0.39 is 10.8 Å². The van der Waals surface area contributed by atoms with Crippen LogP contribution in [0.5, 0.6) is 0 Å². The van der Waals surface area contributed by atoms with E-state index in [0.29, 0.717) is 19.4 Å². The zero-order chi connectivity index (χ0) is 13.9. The second-order valence-electron chi connectivity index (χ2n) is 4.54. The van der Waals surface area contributed by atoms with Gasteiger partial charge >= 0.3 is 12.0 Å². The molecule has 0 bridgehead atoms. The van der Waals surface area contributed by atoms with Gasteiger partial charge in [0.25, 0.3) is 0 Å². The molecule has 1 aliphatic heterocycles. The summed E-state index contributed by atoms with van der Waals surface area (Å²) in [7, 11) is 0. The summed E-state index contributed by atoms with van der Waals surface area (Å²) in [5.41, 5.74) is 3.08. The fourth-order valence-corrected chi connectivity index (χ4v) is 2.22. The highest BCUT2D eigenvalue weighted by atomic mass is 16.8. The molecule has 0 aliphatic carbocycles. The van der Waals surface area contributed by atoms with Crippen molar-refractivity contribution in [2.45, 2.75) is 25.9 Å². The van der Waals surface area contributed by atoms with Crippen molar-refractivity contribution in [3.8, 4) is 0 Å². The Labute approximate surface area is 111 Å². The maximum Gasteiger partial charge on any atom is 0.452 e. The number of carbonyl (C=O) groups is 2. The average Bonchev–Trinajstić information content (AvgIpc) is 2.71. The van der Waals surface area contributed by atoms with Gasteiger partial charge in [0.2, 0.25) is 0 Å². The number of carboxylic acid groups (broad SMARTS) is 1. The predicted molar refractivity (Wildman–Crippen MR) is 66.5 cm³/mol. The van der Waals surface area contributed by atoms with Crippen molar-refractivity contribution >= 4 is 12.0 Å². The van der Waals surface area contributed by atoms with Gasteiger partial charge in [-0.2, -0.15) is 4.84 Å². The van der Waals surface area contributed by atoms with Gasteiger partial charge in [-0.05, 0) is 17.2 Å². The predicted octanol–water partition coefficient (Wildman–Crippen LogP) is 2.00. The third-order valence-electron chi connectivity index (χ3n) is 3.15. The van der Waals surface area contributed by atoms with Crippen molar-refractivity contribution in [3.05, 3.63) is 35.9 Å². The van der Waals surface area contributed by atoms with Crippen molar-refractivity contribution in [2.75, 3.05) is 6.54 Å². The molecule has 2 N–H and O–H groups in total. The van der Waals surface area contributed by atoms with E-state index in [2.05, 4.69) is 5.43 Å². The Morgan fingerprint density at radius 3 is 2.63 bits per heavy atom. The minimum atomic E-state index is -1.27. The molecule has 0 spiro atoms. The lowest BCUT2D eigenvalue weighted by Gasteiger charge is -2.29. The molecular formula is C13H17N2O4+. The van der Waals surface area contributed by atoms with Crippen molar-refractivity contribution in [1.29, 1.82) is 0 Å². The number of amides is 2. The van der Waals surface area contributed by atoms with Gasteiger partial charge in [-0.1, -0.05) is 30.3 Å². The molecule has 0 aromatic heterocycles. The number of nitrogens with zero attached hydrogens (tertiary/aromatic N) is 1. The van der Waals surface area contributed by atoms with Crippen LogP contribution in [-0.2, 0) is 9.63 Å². The lowest BCUT2D eigenvalue weighted by molar-refractivity contribution is -1.07. The van der Waals surface area contributed by atoms with Crippen LogP contribution in [0.1, 0.15) is 31.4 Å². The first kappa shape index (κ1) is 13.5. The molecule has 1 aromatic carbocycles. The van der Waals surface area contributed by atoms with Gasteiger partial charge in [0.05, 0.1) is 6.42 Å². The summed E-state index contributed by atoms with van der Waals surface area (Å²) in [5, 5.41) is 8.88. The maximum atomic E-state index is 11.9. The molecule has 6 nitrogen and oxygen atoms in total. The molecule has 1 heterocycles. The van der Waals surface area contributed by atoms with Crippen LogP contribution >= 0.6 is 0 Å². The molecule has 2 amide bonds. The number of hydrogen-bond donors (Lipinski definition) is 2. The normalized spacial score (nSPS) is 24.2. The molecule has 2 unspecified atom stereocenters. The largest absolute Gasteiger partial charge is 0.462 e. The highest BCUT2D eigenvalue weighted by Crippen LogP contribution is 2.26. The molecule has 19 heavy (non-hydrogen) atoms. The van der Waals surface area contributed by atoms with Gasteiger partial charge in [-0.15, -0.1) is 5.43 Å². The van der Waals surface area contributed by atoms with Crippen LogP contribution in [0.3, 0.4) is 0 Å². The topological polar surface area (TPSA) is 75.6 Å². The van der Waals surface area contributed by atoms with Crippen molar-refractivity contribution < 1.29 is 24.3 Å². The van der Waals surface area contributed by atoms with Crippen LogP contribution in [0.2, 0.25) is 0 Å². The van der Waals surface area contributed by atoms with E-state index in [1.165, 1.54) is 0 Å². The first-order valence-electron chi connectivity index (χ1n) is 6.19. The monoisotopic (exact) mass is 265 g/mol. The highest BCUT2D eigenvalue weighted by molar-refractivity contribution is 5.72. The molecule has 2 atom stereocenters. The van der Waals surface area contributed by atoms with Crippen LogP contribution in [0.25, 0.3) is 0 Å². The van der Waals surface area contributed by atoms with E-state index in [0.717, 1.165) is 5.56 Å². The summed E-state index contributed by atoms with van der Waals surface area (Å²) in [6, 6.07) is 9.38. The van der Waals surface area contributed by atoms with Crippen molar-refractivity contribution in [3.63, 3.8) is 0 Å². The van der Waals surface area contributed by atoms with E-state index >= 15 is 0 Å². The maximum absolute atomic E-state index is 11.9. The second kappa shape index (κ2) is 5.38. The number of quaternary nitrogens is 1. The van der Waals surface area contributed by atoms with Gasteiger partial charge in [-0.25, -0.2) is 9.59 Å². The Bertz CT molecular complexity index is 477. The van der Waals surface area contributed by atoms with Crippen LogP contribution < -0.4 is 5.43 Å². The lowest BCUT2D eigenvalue weighted by atomic mass is 10.1. The van der Waals surface area contributed by atoms with E-state index in [1.807, 2.05) is 30.3 Å². The fraction of sp³-hybridized carbons (Fsp3) is 0.385. The summed E-state index contributed by atoms with van der Waals surface area (Å²) < 4.78 is -0.647. The minimum absolute atomic E-state index is 0.259. The molecule has 1 saturated heterocycles. The Morgan fingerprint density at radius 2 is 2.11 bits per heavy atom. The summed E-state index contributed by atoms with van der Waals surface area (Å²) in [4.78, 5) is 28.5. The minimum Gasteiger partial charge on any atom is -0.462 e. The Kier molecular flexibility index (Phi) is 3.82. The number of hydrogen-bond acceptors (Lipinski definition) is 3. The summed E-state index contributed by atoms with van der Waals surface area (Å²) >= 11 is 0. The van der Waals surface area contributed by atoms with Gasteiger partial charge < -0.3 is 5.11 Å². The SMILES string of the molecule is CC(O[N+]1(NC(=O)O)CCCC1=O)c1ccccc1. The van der Waals surface area contributed by atoms with Gasteiger partial charge in [0, 0.05) is 6.42 Å². The first-order chi connectivity index (χ1) is 9.03. The Morgan fingerprint density at radius 1 is 1.42 bits per heavy atom. The van der Waals surface area contributed by atoms with E-state index in [1.54, 1.807) is 6.92 Å². The van der Waals surface area contributed by atoms with Crippen molar-refractivity contribution in [2.24, 2.45) is 0 Å². The Balaban J connectivity index is 2.17. The molecule has 6 heteroatoms. The van der Waals surface area contributed by atoms with Gasteiger partial charge in [0.1, 0.15) is 12.6 Å². The molecule has 0 radical (unpaired) electrons. The lowest BCUT2D eigenvalue weighted by Crippen LogP contribution is -2.60. The summed E-state index contributed by atoms with van der Waals surface area (Å²) in [6.45, 7) is 2.12. The molecule has 102 valence electrons. The highest BCUT2D eigenvalue weighted by Gasteiger charge is 2.48.